The first-order chi connectivity index (χ1) is 15.7. The smallest absolute Gasteiger partial charge is 0.340 e. The molecule has 2 aliphatic heterocycles. The Morgan fingerprint density at radius 3 is 2.06 bits per heavy atom. The monoisotopic (exact) mass is 425 g/mol. The van der Waals surface area contributed by atoms with Gasteiger partial charge in [0.1, 0.15) is 11.5 Å². The summed E-state index contributed by atoms with van der Waals surface area (Å²) in [5.74, 6) is 1.28. The SMILES string of the molecule is CCN(CC)c1cc2c(c3c1CCCC3)C(=O)OC21c2ccccc2Oc2ccccc21. The molecule has 32 heavy (non-hydrogen) atoms. The number of nitrogens with zero attached hydrogens (tertiary/aromatic N) is 1. The maximum absolute atomic E-state index is 13.6. The highest BCUT2D eigenvalue weighted by molar-refractivity contribution is 6.00. The molecule has 162 valence electrons. The van der Waals surface area contributed by atoms with Crippen molar-refractivity contribution >= 4 is 11.7 Å². The molecule has 1 spiro atoms. The van der Waals surface area contributed by atoms with Gasteiger partial charge in [-0.05, 0) is 68.9 Å². The highest BCUT2D eigenvalue weighted by Gasteiger charge is 2.54. The average molecular weight is 426 g/mol. The van der Waals surface area contributed by atoms with Crippen molar-refractivity contribution in [1.82, 2.24) is 0 Å². The molecule has 0 atom stereocenters. The molecule has 0 N–H and O–H groups in total. The fraction of sp³-hybridized carbons (Fsp3) is 0.321. The summed E-state index contributed by atoms with van der Waals surface area (Å²) >= 11 is 0. The molecule has 0 saturated carbocycles. The van der Waals surface area contributed by atoms with Gasteiger partial charge in [0.15, 0.2) is 5.60 Å². The van der Waals surface area contributed by atoms with Gasteiger partial charge in [-0.1, -0.05) is 36.4 Å². The molecule has 1 aliphatic carbocycles. The third-order valence-electron chi connectivity index (χ3n) is 7.32. The number of benzene rings is 3. The number of carbonyl (C=O) groups is 1. The third kappa shape index (κ3) is 2.46. The molecule has 0 bridgehead atoms. The number of carbonyl (C=O) groups excluding carboxylic acids is 1. The Labute approximate surface area is 188 Å². The van der Waals surface area contributed by atoms with Crippen molar-refractivity contribution in [2.75, 3.05) is 18.0 Å². The van der Waals surface area contributed by atoms with Gasteiger partial charge in [-0.15, -0.1) is 0 Å². The Hall–Kier alpha value is -3.27. The Bertz CT molecular complexity index is 1200. The molecular weight excluding hydrogens is 398 g/mol. The summed E-state index contributed by atoms with van der Waals surface area (Å²) in [5, 5.41) is 0. The van der Waals surface area contributed by atoms with Gasteiger partial charge in [0.25, 0.3) is 0 Å². The highest BCUT2D eigenvalue weighted by Crippen LogP contribution is 2.57. The summed E-state index contributed by atoms with van der Waals surface area (Å²) in [7, 11) is 0. The normalized spacial score (nSPS) is 17.0. The van der Waals surface area contributed by atoms with Crippen molar-refractivity contribution in [3.8, 4) is 11.5 Å². The van der Waals surface area contributed by atoms with Gasteiger partial charge < -0.3 is 14.4 Å². The summed E-state index contributed by atoms with van der Waals surface area (Å²) in [6.45, 7) is 6.25. The van der Waals surface area contributed by atoms with Crippen LogP contribution in [-0.4, -0.2) is 19.1 Å². The second kappa shape index (κ2) is 7.13. The zero-order valence-corrected chi connectivity index (χ0v) is 18.6. The van der Waals surface area contributed by atoms with Gasteiger partial charge in [0, 0.05) is 35.5 Å². The zero-order chi connectivity index (χ0) is 21.9. The van der Waals surface area contributed by atoms with Gasteiger partial charge in [0.2, 0.25) is 0 Å². The Morgan fingerprint density at radius 2 is 1.44 bits per heavy atom. The predicted octanol–water partition coefficient (Wildman–Crippen LogP) is 5.98. The lowest BCUT2D eigenvalue weighted by molar-refractivity contribution is 0.0224. The molecule has 4 nitrogen and oxygen atoms in total. The lowest BCUT2D eigenvalue weighted by Gasteiger charge is -2.37. The highest BCUT2D eigenvalue weighted by atomic mass is 16.6. The summed E-state index contributed by atoms with van der Waals surface area (Å²) in [6.07, 6.45) is 4.22. The number of fused-ring (bicyclic) bond motifs is 8. The van der Waals surface area contributed by atoms with E-state index in [0.29, 0.717) is 0 Å². The molecule has 4 heteroatoms. The average Bonchev–Trinajstić information content (AvgIpc) is 3.13. The van der Waals surface area contributed by atoms with Crippen LogP contribution in [-0.2, 0) is 23.2 Å². The number of hydrogen-bond donors (Lipinski definition) is 0. The summed E-state index contributed by atoms with van der Waals surface area (Å²) in [6, 6.07) is 18.1. The van der Waals surface area contributed by atoms with Crippen LogP contribution in [0.4, 0.5) is 5.69 Å². The minimum absolute atomic E-state index is 0.212. The maximum Gasteiger partial charge on any atom is 0.340 e. The fourth-order valence-corrected chi connectivity index (χ4v) is 5.88. The van der Waals surface area contributed by atoms with E-state index in [1.165, 1.54) is 23.2 Å². The lowest BCUT2D eigenvalue weighted by Crippen LogP contribution is -2.33. The van der Waals surface area contributed by atoms with E-state index < -0.39 is 5.60 Å². The quantitative estimate of drug-likeness (QED) is 0.484. The van der Waals surface area contributed by atoms with Crippen molar-refractivity contribution in [3.63, 3.8) is 0 Å². The van der Waals surface area contributed by atoms with E-state index in [-0.39, 0.29) is 5.97 Å². The van der Waals surface area contributed by atoms with Crippen LogP contribution in [0.1, 0.15) is 64.9 Å². The number of esters is 1. The summed E-state index contributed by atoms with van der Waals surface area (Å²) in [5.41, 5.74) is 6.34. The van der Waals surface area contributed by atoms with Crippen molar-refractivity contribution in [1.29, 1.82) is 0 Å². The van der Waals surface area contributed by atoms with Crippen LogP contribution >= 0.6 is 0 Å². The van der Waals surface area contributed by atoms with Crippen molar-refractivity contribution in [2.24, 2.45) is 0 Å². The molecule has 3 aliphatic rings. The van der Waals surface area contributed by atoms with Crippen molar-refractivity contribution < 1.29 is 14.3 Å². The van der Waals surface area contributed by atoms with Gasteiger partial charge in [0.05, 0.1) is 5.56 Å². The van der Waals surface area contributed by atoms with Crippen molar-refractivity contribution in [3.05, 3.63) is 88.0 Å². The van der Waals surface area contributed by atoms with Crippen LogP contribution in [0.25, 0.3) is 0 Å². The van der Waals surface area contributed by atoms with Crippen LogP contribution in [0.3, 0.4) is 0 Å². The summed E-state index contributed by atoms with van der Waals surface area (Å²) in [4.78, 5) is 16.0. The minimum Gasteiger partial charge on any atom is -0.456 e. The van der Waals surface area contributed by atoms with E-state index in [2.05, 4.69) is 24.8 Å². The minimum atomic E-state index is -0.980. The molecule has 0 amide bonds. The van der Waals surface area contributed by atoms with Crippen molar-refractivity contribution in [2.45, 2.75) is 45.1 Å². The predicted molar refractivity (Wildman–Crippen MR) is 125 cm³/mol. The van der Waals surface area contributed by atoms with Crippen LogP contribution in [0.5, 0.6) is 11.5 Å². The number of rotatable bonds is 3. The molecule has 0 unspecified atom stereocenters. The Morgan fingerprint density at radius 1 is 0.844 bits per heavy atom. The van der Waals surface area contributed by atoms with Crippen LogP contribution in [0, 0.1) is 0 Å². The first-order valence-electron chi connectivity index (χ1n) is 11.7. The number of para-hydroxylation sites is 2. The van der Waals surface area contributed by atoms with E-state index in [1.807, 2.05) is 48.5 Å². The van der Waals surface area contributed by atoms with Crippen LogP contribution in [0.15, 0.2) is 54.6 Å². The Balaban J connectivity index is 1.72. The molecule has 3 aromatic carbocycles. The molecule has 0 fully saturated rings. The standard InChI is InChI=1S/C28H27NO3/c1-3-29(4-2)23-17-22-26(19-12-6-5-11-18(19)23)27(30)32-28(22)20-13-7-9-15-24(20)31-25-16-10-8-14-21(25)28/h7-10,13-17H,3-6,11-12H2,1-2H3. The Kier molecular flexibility index (Phi) is 4.32. The zero-order valence-electron chi connectivity index (χ0n) is 18.6. The van der Waals surface area contributed by atoms with Crippen LogP contribution < -0.4 is 9.64 Å². The molecule has 6 rings (SSSR count). The first kappa shape index (κ1) is 19.4. The lowest BCUT2D eigenvalue weighted by atomic mass is 9.74. The molecule has 0 saturated heterocycles. The second-order valence-corrected chi connectivity index (χ2v) is 8.82. The largest absolute Gasteiger partial charge is 0.456 e. The first-order valence-corrected chi connectivity index (χ1v) is 11.7. The third-order valence-corrected chi connectivity index (χ3v) is 7.32. The topological polar surface area (TPSA) is 38.8 Å². The van der Waals surface area contributed by atoms with E-state index in [4.69, 9.17) is 9.47 Å². The van der Waals surface area contributed by atoms with Gasteiger partial charge in [-0.2, -0.15) is 0 Å². The fourth-order valence-electron chi connectivity index (χ4n) is 5.88. The number of anilines is 1. The van der Waals surface area contributed by atoms with Gasteiger partial charge >= 0.3 is 5.97 Å². The summed E-state index contributed by atoms with van der Waals surface area (Å²) < 4.78 is 12.7. The van der Waals surface area contributed by atoms with Crippen LogP contribution in [0.2, 0.25) is 0 Å². The molecular formula is C28H27NO3. The maximum atomic E-state index is 13.6. The van der Waals surface area contributed by atoms with E-state index in [1.54, 1.807) is 0 Å². The van der Waals surface area contributed by atoms with E-state index in [0.717, 1.165) is 66.1 Å². The van der Waals surface area contributed by atoms with E-state index >= 15 is 0 Å². The molecule has 2 heterocycles. The van der Waals surface area contributed by atoms with Gasteiger partial charge in [-0.3, -0.25) is 0 Å². The number of hydrogen-bond acceptors (Lipinski definition) is 4. The molecule has 3 aromatic rings. The van der Waals surface area contributed by atoms with E-state index in [9.17, 15) is 4.79 Å². The molecule has 0 radical (unpaired) electrons. The second-order valence-electron chi connectivity index (χ2n) is 8.82. The molecule has 0 aromatic heterocycles. The number of ether oxygens (including phenoxy) is 2. The van der Waals surface area contributed by atoms with Gasteiger partial charge in [-0.25, -0.2) is 4.79 Å².